The number of nitrogens with one attached hydrogen (secondary N) is 1. The molecule has 0 atom stereocenters. The van der Waals surface area contributed by atoms with E-state index in [0.717, 1.165) is 4.90 Å². The molecule has 134 valence electrons. The molecule has 0 spiro atoms. The van der Waals surface area contributed by atoms with Gasteiger partial charge < -0.3 is 15.1 Å². The smallest absolute Gasteiger partial charge is 0.366 e. The van der Waals surface area contributed by atoms with Crippen molar-refractivity contribution in [3.05, 3.63) is 23.2 Å². The second-order valence-electron chi connectivity index (χ2n) is 5.32. The van der Waals surface area contributed by atoms with Crippen LogP contribution in [-0.2, 0) is 9.59 Å². The first-order valence-electron chi connectivity index (χ1n) is 7.30. The van der Waals surface area contributed by atoms with Crippen LogP contribution in [0.15, 0.2) is 18.2 Å². The number of hydrogen-bond donors (Lipinski definition) is 1. The summed E-state index contributed by atoms with van der Waals surface area (Å²) in [6.45, 7) is 0.161. The number of anilines is 2. The molecule has 10 heteroatoms. The predicted molar refractivity (Wildman–Crippen MR) is 85.2 cm³/mol. The summed E-state index contributed by atoms with van der Waals surface area (Å²) in [5, 5.41) is 11.5. The number of carbonyl (C=O) groups is 2. The first-order valence-corrected chi connectivity index (χ1v) is 7.67. The lowest BCUT2D eigenvalue weighted by molar-refractivity contribution is -0.185. The summed E-state index contributed by atoms with van der Waals surface area (Å²) in [7, 11) is 0. The molecule has 1 N–H and O–H groups in total. The number of nitriles is 1. The standard InChI is InChI=1S/C15H14ClF3N4O2/c16-10-1-2-12(11(9-10)21-13(24)3-4-20)22-5-7-23(8-6-22)14(25)15(17,18)19/h1-2,9H,3,5-8H2,(H,21,24). The molecule has 25 heavy (non-hydrogen) atoms. The number of hydrogen-bond acceptors (Lipinski definition) is 4. The Kier molecular flexibility index (Phi) is 5.74. The molecule has 0 radical (unpaired) electrons. The van der Waals surface area contributed by atoms with E-state index < -0.39 is 18.0 Å². The summed E-state index contributed by atoms with van der Waals surface area (Å²) in [4.78, 5) is 25.4. The highest BCUT2D eigenvalue weighted by atomic mass is 35.5. The van der Waals surface area contributed by atoms with Crippen molar-refractivity contribution in [1.82, 2.24) is 4.90 Å². The van der Waals surface area contributed by atoms with E-state index >= 15 is 0 Å². The zero-order valence-electron chi connectivity index (χ0n) is 12.9. The van der Waals surface area contributed by atoms with Crippen LogP contribution in [-0.4, -0.2) is 49.1 Å². The lowest BCUT2D eigenvalue weighted by Crippen LogP contribution is -2.52. The average Bonchev–Trinajstić information content (AvgIpc) is 2.54. The highest BCUT2D eigenvalue weighted by Crippen LogP contribution is 2.30. The topological polar surface area (TPSA) is 76.4 Å². The molecule has 1 saturated heterocycles. The Morgan fingerprint density at radius 1 is 1.24 bits per heavy atom. The van der Waals surface area contributed by atoms with E-state index in [0.29, 0.717) is 16.4 Å². The van der Waals surface area contributed by atoms with Crippen LogP contribution in [0.5, 0.6) is 0 Å². The summed E-state index contributed by atoms with van der Waals surface area (Å²) in [5.41, 5.74) is 0.929. The summed E-state index contributed by atoms with van der Waals surface area (Å²) in [6, 6.07) is 6.44. The Hall–Kier alpha value is -2.47. The van der Waals surface area contributed by atoms with E-state index in [2.05, 4.69) is 5.32 Å². The molecule has 0 aliphatic carbocycles. The van der Waals surface area contributed by atoms with E-state index in [1.165, 1.54) is 6.07 Å². The van der Waals surface area contributed by atoms with Gasteiger partial charge in [0.2, 0.25) is 5.91 Å². The van der Waals surface area contributed by atoms with Crippen LogP contribution in [0.3, 0.4) is 0 Å². The van der Waals surface area contributed by atoms with Gasteiger partial charge in [0.15, 0.2) is 0 Å². The highest BCUT2D eigenvalue weighted by Gasteiger charge is 2.43. The van der Waals surface area contributed by atoms with Gasteiger partial charge >= 0.3 is 12.1 Å². The molecule has 6 nitrogen and oxygen atoms in total. The first kappa shape index (κ1) is 18.9. The molecule has 0 aromatic heterocycles. The number of rotatable bonds is 3. The maximum atomic E-state index is 12.5. The molecular weight excluding hydrogens is 361 g/mol. The van der Waals surface area contributed by atoms with Crippen LogP contribution in [0.2, 0.25) is 5.02 Å². The molecule has 1 heterocycles. The van der Waals surface area contributed by atoms with Crippen LogP contribution in [0.4, 0.5) is 24.5 Å². The van der Waals surface area contributed by atoms with Gasteiger partial charge in [-0.25, -0.2) is 0 Å². The van der Waals surface area contributed by atoms with Crippen molar-refractivity contribution in [3.63, 3.8) is 0 Å². The van der Waals surface area contributed by atoms with E-state index in [1.807, 2.05) is 0 Å². The second-order valence-corrected chi connectivity index (χ2v) is 5.76. The highest BCUT2D eigenvalue weighted by molar-refractivity contribution is 6.31. The third kappa shape index (κ3) is 4.76. The number of piperazine rings is 1. The first-order chi connectivity index (χ1) is 11.7. The third-order valence-electron chi connectivity index (χ3n) is 3.62. The van der Waals surface area contributed by atoms with Gasteiger partial charge in [-0.15, -0.1) is 0 Å². The summed E-state index contributed by atoms with van der Waals surface area (Å²) < 4.78 is 37.5. The Bertz CT molecular complexity index is 710. The number of alkyl halides is 3. The monoisotopic (exact) mass is 374 g/mol. The van der Waals surface area contributed by atoms with E-state index in [4.69, 9.17) is 16.9 Å². The second kappa shape index (κ2) is 7.61. The predicted octanol–water partition coefficient (Wildman–Crippen LogP) is 2.40. The Morgan fingerprint density at radius 3 is 2.44 bits per heavy atom. The summed E-state index contributed by atoms with van der Waals surface area (Å²) >= 11 is 5.92. The van der Waals surface area contributed by atoms with Crippen molar-refractivity contribution >= 4 is 34.8 Å². The fraction of sp³-hybridized carbons (Fsp3) is 0.400. The Morgan fingerprint density at radius 2 is 1.88 bits per heavy atom. The molecule has 1 fully saturated rings. The minimum absolute atomic E-state index is 0.0907. The van der Waals surface area contributed by atoms with Crippen LogP contribution >= 0.6 is 11.6 Å². The largest absolute Gasteiger partial charge is 0.471 e. The number of nitrogens with zero attached hydrogens (tertiary/aromatic N) is 3. The average molecular weight is 375 g/mol. The van der Waals surface area contributed by atoms with Gasteiger partial charge in [0, 0.05) is 31.2 Å². The number of carbonyl (C=O) groups excluding carboxylic acids is 2. The van der Waals surface area contributed by atoms with Crippen LogP contribution in [0, 0.1) is 11.3 Å². The minimum Gasteiger partial charge on any atom is -0.366 e. The molecule has 0 unspecified atom stereocenters. The fourth-order valence-electron chi connectivity index (χ4n) is 2.48. The maximum Gasteiger partial charge on any atom is 0.471 e. The molecule has 2 rings (SSSR count). The molecule has 1 aliphatic rings. The SMILES string of the molecule is N#CCC(=O)Nc1cc(Cl)ccc1N1CCN(C(=O)C(F)(F)F)CC1. The molecular formula is C15H14ClF3N4O2. The van der Waals surface area contributed by atoms with Crippen molar-refractivity contribution in [2.75, 3.05) is 36.4 Å². The van der Waals surface area contributed by atoms with Gasteiger partial charge in [-0.3, -0.25) is 9.59 Å². The molecule has 1 aliphatic heterocycles. The zero-order valence-corrected chi connectivity index (χ0v) is 13.7. The molecule has 0 saturated carbocycles. The van der Waals surface area contributed by atoms with Crippen LogP contribution in [0.25, 0.3) is 0 Å². The van der Waals surface area contributed by atoms with E-state index in [9.17, 15) is 22.8 Å². The van der Waals surface area contributed by atoms with Crippen molar-refractivity contribution in [1.29, 1.82) is 5.26 Å². The Balaban J connectivity index is 2.12. The van der Waals surface area contributed by atoms with Gasteiger partial charge in [-0.1, -0.05) is 11.6 Å². The molecule has 1 aromatic rings. The van der Waals surface area contributed by atoms with Crippen molar-refractivity contribution in [3.8, 4) is 6.07 Å². The molecule has 2 amide bonds. The number of halogens is 4. The van der Waals surface area contributed by atoms with Crippen LogP contribution in [0.1, 0.15) is 6.42 Å². The van der Waals surface area contributed by atoms with Crippen LogP contribution < -0.4 is 10.2 Å². The lowest BCUT2D eigenvalue weighted by atomic mass is 10.2. The maximum absolute atomic E-state index is 12.5. The molecule has 0 bridgehead atoms. The lowest BCUT2D eigenvalue weighted by Gasteiger charge is -2.37. The Labute approximate surface area is 146 Å². The third-order valence-corrected chi connectivity index (χ3v) is 3.86. The van der Waals surface area contributed by atoms with E-state index in [1.54, 1.807) is 23.1 Å². The quantitative estimate of drug-likeness (QED) is 0.881. The van der Waals surface area contributed by atoms with Gasteiger partial charge in [0.05, 0.1) is 17.4 Å². The van der Waals surface area contributed by atoms with Crippen molar-refractivity contribution in [2.24, 2.45) is 0 Å². The zero-order chi connectivity index (χ0) is 18.6. The normalized spacial score (nSPS) is 14.8. The van der Waals surface area contributed by atoms with Crippen molar-refractivity contribution in [2.45, 2.75) is 12.6 Å². The summed E-state index contributed by atoms with van der Waals surface area (Å²) in [5.74, 6) is -2.37. The van der Waals surface area contributed by atoms with E-state index in [-0.39, 0.29) is 32.6 Å². The van der Waals surface area contributed by atoms with Crippen molar-refractivity contribution < 1.29 is 22.8 Å². The van der Waals surface area contributed by atoms with Gasteiger partial charge in [-0.05, 0) is 18.2 Å². The molecule has 1 aromatic carbocycles. The number of amides is 2. The van der Waals surface area contributed by atoms with Gasteiger partial charge in [0.25, 0.3) is 0 Å². The fourth-order valence-corrected chi connectivity index (χ4v) is 2.65. The summed E-state index contributed by atoms with van der Waals surface area (Å²) in [6.07, 6.45) is -5.22. The van der Waals surface area contributed by atoms with Gasteiger partial charge in [-0.2, -0.15) is 18.4 Å². The number of benzene rings is 1. The minimum atomic E-state index is -4.89. The van der Waals surface area contributed by atoms with Gasteiger partial charge in [0.1, 0.15) is 6.42 Å².